The van der Waals surface area contributed by atoms with E-state index < -0.39 is 0 Å². The summed E-state index contributed by atoms with van der Waals surface area (Å²) in [5.74, 6) is 1.69. The maximum absolute atomic E-state index is 6.65. The lowest BCUT2D eigenvalue weighted by molar-refractivity contribution is 0.168. The van der Waals surface area contributed by atoms with Gasteiger partial charge in [-0.15, -0.1) is 5.10 Å². The zero-order chi connectivity index (χ0) is 25.5. The van der Waals surface area contributed by atoms with Gasteiger partial charge in [0, 0.05) is 42.9 Å². The lowest BCUT2D eigenvalue weighted by Gasteiger charge is -2.21. The van der Waals surface area contributed by atoms with Crippen molar-refractivity contribution in [2.24, 2.45) is 5.92 Å². The average Bonchev–Trinajstić information content (AvgIpc) is 3.66. The normalized spacial score (nSPS) is 22.4. The second-order valence-electron chi connectivity index (χ2n) is 10.1. The van der Waals surface area contributed by atoms with Crippen molar-refractivity contribution in [2.75, 3.05) is 25.4 Å². The summed E-state index contributed by atoms with van der Waals surface area (Å²) >= 11 is 0. The molecule has 3 aromatic heterocycles. The molecule has 5 aromatic rings. The molecule has 1 unspecified atom stereocenters. The van der Waals surface area contributed by atoms with Gasteiger partial charge in [0.2, 0.25) is 5.65 Å². The van der Waals surface area contributed by atoms with Gasteiger partial charge in [-0.25, -0.2) is 4.98 Å². The summed E-state index contributed by atoms with van der Waals surface area (Å²) in [5.41, 5.74) is 12.7. The van der Waals surface area contributed by atoms with Gasteiger partial charge in [0.25, 0.3) is 0 Å². The van der Waals surface area contributed by atoms with Gasteiger partial charge in [-0.1, -0.05) is 48.5 Å². The zero-order valence-electron chi connectivity index (χ0n) is 20.9. The number of H-pyrrole nitrogens is 1. The summed E-state index contributed by atoms with van der Waals surface area (Å²) in [4.78, 5) is 6.80. The maximum atomic E-state index is 6.65. The van der Waals surface area contributed by atoms with Crippen molar-refractivity contribution in [3.05, 3.63) is 101 Å². The van der Waals surface area contributed by atoms with Crippen molar-refractivity contribution in [2.45, 2.75) is 19.1 Å². The molecule has 0 radical (unpaired) electrons. The van der Waals surface area contributed by atoms with Crippen molar-refractivity contribution >= 4 is 22.6 Å². The monoisotopic (exact) mass is 504 g/mol. The molecular formula is C29H28N8O. The Hall–Kier alpha value is -4.50. The first-order valence-corrected chi connectivity index (χ1v) is 12.9. The lowest BCUT2D eigenvalue weighted by Crippen LogP contribution is -2.28. The van der Waals surface area contributed by atoms with E-state index in [1.807, 2.05) is 16.9 Å². The van der Waals surface area contributed by atoms with Crippen molar-refractivity contribution in [1.82, 2.24) is 35.1 Å². The van der Waals surface area contributed by atoms with E-state index in [4.69, 9.17) is 10.5 Å². The van der Waals surface area contributed by atoms with Crippen LogP contribution in [0.1, 0.15) is 22.3 Å². The number of fused-ring (bicyclic) bond motifs is 7. The number of nitrogens with zero attached hydrogens (tertiary/aromatic N) is 6. The number of rotatable bonds is 3. The molecule has 1 fully saturated rings. The standard InChI is InChI=1S/C29H28N8O/c30-27-13-25(28-29(32-27)34-35-33-28)24-9-10-36-16-21(11-19-5-2-1-3-6-19)26(18-36)38-23-8-4-7-20(12-23)15-37-17-22(24)14-31-37/h1-9,12-14,17,21,26H,10-11,15-16,18H2,(H3,30,32,33,34,35)/b24-9+/t21-,26+/m0/s1. The second-order valence-corrected chi connectivity index (χ2v) is 10.1. The quantitative estimate of drug-likeness (QED) is 0.387. The number of benzene rings is 2. The topological polar surface area (TPSA) is 111 Å². The first-order valence-electron chi connectivity index (χ1n) is 12.9. The van der Waals surface area contributed by atoms with Crippen molar-refractivity contribution in [1.29, 1.82) is 0 Å². The van der Waals surface area contributed by atoms with E-state index in [1.165, 1.54) is 5.56 Å². The molecule has 2 aliphatic heterocycles. The van der Waals surface area contributed by atoms with Gasteiger partial charge in [-0.2, -0.15) is 15.4 Å². The van der Waals surface area contributed by atoms with Crippen molar-refractivity contribution < 1.29 is 4.74 Å². The molecule has 7 rings (SSSR count). The van der Waals surface area contributed by atoms with Crippen LogP contribution in [0.2, 0.25) is 0 Å². The first-order chi connectivity index (χ1) is 18.7. The number of hydrogen-bond acceptors (Lipinski definition) is 7. The summed E-state index contributed by atoms with van der Waals surface area (Å²) in [5, 5.41) is 15.9. The molecule has 6 bridgehead atoms. The van der Waals surface area contributed by atoms with Crippen LogP contribution in [0.5, 0.6) is 5.75 Å². The summed E-state index contributed by atoms with van der Waals surface area (Å²) in [7, 11) is 0. The van der Waals surface area contributed by atoms with Crippen LogP contribution >= 0.6 is 0 Å². The fourth-order valence-electron chi connectivity index (χ4n) is 5.65. The predicted molar refractivity (Wildman–Crippen MR) is 145 cm³/mol. The number of pyridine rings is 1. The first kappa shape index (κ1) is 22.7. The molecule has 9 heteroatoms. The fourth-order valence-corrected chi connectivity index (χ4v) is 5.65. The summed E-state index contributed by atoms with van der Waals surface area (Å²) in [6.07, 6.45) is 7.29. The molecule has 0 saturated carbocycles. The number of aromatic nitrogens is 6. The highest BCUT2D eigenvalue weighted by Crippen LogP contribution is 2.31. The highest BCUT2D eigenvalue weighted by atomic mass is 16.5. The van der Waals surface area contributed by atoms with Crippen LogP contribution in [0.15, 0.2) is 79.1 Å². The Balaban J connectivity index is 1.31. The lowest BCUT2D eigenvalue weighted by atomic mass is 9.96. The summed E-state index contributed by atoms with van der Waals surface area (Å²) in [6, 6.07) is 20.9. The van der Waals surface area contributed by atoms with E-state index in [-0.39, 0.29) is 6.10 Å². The molecule has 2 aromatic carbocycles. The van der Waals surface area contributed by atoms with Gasteiger partial charge in [-0.05, 0) is 41.3 Å². The van der Waals surface area contributed by atoms with Gasteiger partial charge in [0.05, 0.1) is 12.7 Å². The number of nitrogens with one attached hydrogen (secondary N) is 1. The largest absolute Gasteiger partial charge is 0.489 e. The van der Waals surface area contributed by atoms with Gasteiger partial charge >= 0.3 is 0 Å². The van der Waals surface area contributed by atoms with Crippen molar-refractivity contribution in [3.8, 4) is 5.75 Å². The molecule has 38 heavy (non-hydrogen) atoms. The predicted octanol–water partition coefficient (Wildman–Crippen LogP) is 3.55. The molecule has 2 aliphatic rings. The molecule has 0 amide bonds. The molecule has 1 saturated heterocycles. The number of hydrogen-bond donors (Lipinski definition) is 2. The Morgan fingerprint density at radius 2 is 1.95 bits per heavy atom. The smallest absolute Gasteiger partial charge is 0.204 e. The summed E-state index contributed by atoms with van der Waals surface area (Å²) in [6.45, 7) is 3.20. The molecule has 5 heterocycles. The molecule has 3 N–H and O–H groups in total. The second kappa shape index (κ2) is 9.42. The molecule has 190 valence electrons. The molecular weight excluding hydrogens is 476 g/mol. The van der Waals surface area contributed by atoms with Crippen LogP contribution in [0, 0.1) is 5.92 Å². The minimum Gasteiger partial charge on any atom is -0.489 e. The van der Waals surface area contributed by atoms with Crippen LogP contribution < -0.4 is 10.5 Å². The zero-order valence-corrected chi connectivity index (χ0v) is 20.9. The van der Waals surface area contributed by atoms with Crippen LogP contribution in [-0.4, -0.2) is 60.8 Å². The molecule has 9 nitrogen and oxygen atoms in total. The fraction of sp³-hybridized carbons (Fsp3) is 0.241. The van der Waals surface area contributed by atoms with E-state index in [0.29, 0.717) is 29.4 Å². The Bertz CT molecular complexity index is 1620. The third-order valence-corrected chi connectivity index (χ3v) is 7.43. The molecule has 0 spiro atoms. The number of aromatic amines is 1. The number of nitrogens with two attached hydrogens (primary N) is 1. The Labute approximate surface area is 219 Å². The van der Waals surface area contributed by atoms with Gasteiger partial charge in [0.15, 0.2) is 0 Å². The minimum absolute atomic E-state index is 0.0940. The Morgan fingerprint density at radius 1 is 1.03 bits per heavy atom. The molecule has 0 aliphatic carbocycles. The minimum atomic E-state index is 0.0940. The van der Waals surface area contributed by atoms with E-state index in [0.717, 1.165) is 54.1 Å². The Kier molecular flexibility index (Phi) is 5.62. The third kappa shape index (κ3) is 4.41. The van der Waals surface area contributed by atoms with Crippen LogP contribution in [0.25, 0.3) is 16.7 Å². The Morgan fingerprint density at radius 3 is 2.87 bits per heavy atom. The average molecular weight is 505 g/mol. The van der Waals surface area contributed by atoms with E-state index >= 15 is 0 Å². The SMILES string of the molecule is Nc1cc(/C2=C/CN3C[C@H](Cc4ccccc4)[C@@H](C3)Oc3cccc(c3)Cn3cc2cn3)c2n[nH]nc2n1. The van der Waals surface area contributed by atoms with Gasteiger partial charge in [0.1, 0.15) is 23.2 Å². The highest BCUT2D eigenvalue weighted by Gasteiger charge is 2.34. The number of anilines is 1. The van der Waals surface area contributed by atoms with Crippen LogP contribution in [0.4, 0.5) is 5.82 Å². The summed E-state index contributed by atoms with van der Waals surface area (Å²) < 4.78 is 8.60. The third-order valence-electron chi connectivity index (χ3n) is 7.43. The number of nitrogen functional groups attached to an aromatic ring is 1. The van der Waals surface area contributed by atoms with E-state index in [9.17, 15) is 0 Å². The van der Waals surface area contributed by atoms with Crippen molar-refractivity contribution in [3.63, 3.8) is 0 Å². The maximum Gasteiger partial charge on any atom is 0.204 e. The van der Waals surface area contributed by atoms with Crippen LogP contribution in [-0.2, 0) is 13.0 Å². The highest BCUT2D eigenvalue weighted by molar-refractivity contribution is 5.93. The number of ether oxygens (including phenoxy) is 1. The van der Waals surface area contributed by atoms with Gasteiger partial charge < -0.3 is 10.5 Å². The van der Waals surface area contributed by atoms with E-state index in [2.05, 4.69) is 97.3 Å². The van der Waals surface area contributed by atoms with E-state index in [1.54, 1.807) is 0 Å². The van der Waals surface area contributed by atoms with Gasteiger partial charge in [-0.3, -0.25) is 9.58 Å². The van der Waals surface area contributed by atoms with Crippen LogP contribution in [0.3, 0.4) is 0 Å². The molecule has 3 atom stereocenters.